The topological polar surface area (TPSA) is 296 Å². The number of nitrogens with zero attached hydrogens (tertiary/aromatic N) is 2. The average molecular weight is 1680 g/mol. The molecule has 0 radical (unpaired) electrons. The summed E-state index contributed by atoms with van der Waals surface area (Å²) in [5.41, 5.74) is 12.3. The predicted molar refractivity (Wildman–Crippen MR) is 479 cm³/mol. The summed E-state index contributed by atoms with van der Waals surface area (Å²) in [5, 5.41) is 57.1. The lowest BCUT2D eigenvalue weighted by Gasteiger charge is -2.09. The fourth-order valence-electron chi connectivity index (χ4n) is 15.1. The molecule has 0 bridgehead atoms. The van der Waals surface area contributed by atoms with Crippen molar-refractivity contribution in [1.82, 2.24) is 9.97 Å². The van der Waals surface area contributed by atoms with Crippen LogP contribution in [0.5, 0.6) is 0 Å². The van der Waals surface area contributed by atoms with E-state index >= 15 is 0 Å². The molecule has 0 amide bonds. The minimum absolute atomic E-state index is 0.00623. The molecule has 20 aromatic rings. The van der Waals surface area contributed by atoms with Crippen molar-refractivity contribution in [3.63, 3.8) is 0 Å². The Hall–Kier alpha value is -14.9. The molecule has 0 aliphatic carbocycles. The van der Waals surface area contributed by atoms with E-state index in [1.165, 1.54) is 45.3 Å². The van der Waals surface area contributed by atoms with E-state index in [0.29, 0.717) is 75.1 Å². The Morgan fingerprint density at radius 2 is 0.582 bits per heavy atom. The number of thiophene rings is 4. The number of hydrogen-bond acceptors (Lipinski definition) is 18. The SMILES string of the molecule is Cc1ccc(-c2csc(CC(=O)c3cc4ccccc4o3)c2C(=O)O)c2ccccc12.Cc1ccc(-c2csc(CC(=O)c3nc4ccccc4o3)c2C(=O)O)c2ccccc12.O=C(Cc1scc(-c2ccc3ccccc3c2)c1C(=O)O)c1cc2ccccc2o1.O=C(Cc1scc(-c2ccc3ccccc3c2)c1C(=O)O)c1nc2ccccc2o1. The van der Waals surface area contributed by atoms with E-state index in [2.05, 4.69) is 9.97 Å². The van der Waals surface area contributed by atoms with Crippen molar-refractivity contribution < 1.29 is 76.5 Å². The zero-order valence-corrected chi connectivity index (χ0v) is 68.0. The Kier molecular flexibility index (Phi) is 22.3. The average Bonchev–Trinajstić information content (AvgIpc) is 1.53. The second-order valence-corrected chi connectivity index (χ2v) is 32.6. The van der Waals surface area contributed by atoms with E-state index in [1.54, 1.807) is 60.0 Å². The number of Topliss-reactive ketones (excluding diaryl/α,β-unsaturated/α-hetero) is 4. The number of aryl methyl sites for hydroxylation is 2. The maximum absolute atomic E-state index is 12.9. The molecular weight excluding hydrogens is 1610 g/mol. The largest absolute Gasteiger partial charge is 0.478 e. The first kappa shape index (κ1) is 79.5. The smallest absolute Gasteiger partial charge is 0.337 e. The van der Waals surface area contributed by atoms with Crippen molar-refractivity contribution in [3.8, 4) is 44.5 Å². The summed E-state index contributed by atoms with van der Waals surface area (Å²) in [6, 6.07) is 83.8. The minimum atomic E-state index is -1.06. The highest BCUT2D eigenvalue weighted by atomic mass is 32.1. The number of furan rings is 2. The minimum Gasteiger partial charge on any atom is -0.478 e. The van der Waals surface area contributed by atoms with Gasteiger partial charge in [0.2, 0.25) is 23.1 Å². The molecule has 0 spiro atoms. The van der Waals surface area contributed by atoms with E-state index in [4.69, 9.17) is 17.7 Å². The van der Waals surface area contributed by atoms with Gasteiger partial charge in [-0.05, 0) is 173 Å². The quantitative estimate of drug-likeness (QED) is 0.0516. The fourth-order valence-corrected chi connectivity index (χ4v) is 19.2. The molecule has 22 heteroatoms. The summed E-state index contributed by atoms with van der Waals surface area (Å²) in [5.74, 6) is -4.87. The molecule has 596 valence electrons. The predicted octanol–water partition coefficient (Wildman–Crippen LogP) is 25.2. The highest BCUT2D eigenvalue weighted by molar-refractivity contribution is 7.12. The monoisotopic (exact) mass is 1680 g/mol. The summed E-state index contributed by atoms with van der Waals surface area (Å²) >= 11 is 5.12. The maximum Gasteiger partial charge on any atom is 0.337 e. The van der Waals surface area contributed by atoms with E-state index in [0.717, 1.165) is 87.2 Å². The number of carboxylic acids is 4. The Bertz CT molecular complexity index is 7010. The van der Waals surface area contributed by atoms with Crippen molar-refractivity contribution in [3.05, 3.63) is 365 Å². The number of rotatable bonds is 20. The van der Waals surface area contributed by atoms with Gasteiger partial charge < -0.3 is 38.1 Å². The number of benzene rings is 12. The molecular formula is C100H66N2O16S4. The van der Waals surface area contributed by atoms with Gasteiger partial charge in [0.1, 0.15) is 22.2 Å². The summed E-state index contributed by atoms with van der Waals surface area (Å²) in [7, 11) is 0. The number of ketones is 4. The van der Waals surface area contributed by atoms with Crippen molar-refractivity contribution in [2.24, 2.45) is 0 Å². The number of hydrogen-bond donors (Lipinski definition) is 4. The molecule has 0 atom stereocenters. The molecule has 0 saturated heterocycles. The number of para-hydroxylation sites is 6. The lowest BCUT2D eigenvalue weighted by atomic mass is 9.94. The summed E-state index contributed by atoms with van der Waals surface area (Å²) in [4.78, 5) is 110. The van der Waals surface area contributed by atoms with Crippen LogP contribution in [0.15, 0.2) is 306 Å². The molecule has 0 aliphatic rings. The molecule has 20 rings (SSSR count). The van der Waals surface area contributed by atoms with Crippen molar-refractivity contribution in [1.29, 1.82) is 0 Å². The highest BCUT2D eigenvalue weighted by Gasteiger charge is 2.30. The van der Waals surface area contributed by atoms with Gasteiger partial charge >= 0.3 is 23.9 Å². The standard InChI is InChI=1S/C26H18O4S.C25H17NO4S.C25H16O4S.C24H15NO4S/c1-15-10-11-19(18-8-4-3-7-17(15)18)20-14-31-24(25(20)26(28)29)13-21(27)23-12-16-6-2-5-9-22(16)30-23;1-14-10-11-17(16-7-3-2-6-15(14)16)18-13-31-22(23(18)25(28)29)12-20(27)24-26-19-8-4-5-9-21(19)30-24;26-20(22-12-18-7-3-4-8-21(18)29-22)13-23-24(25(27)28)19(14-30-23)17-10-9-15-5-1-2-6-16(15)11-17;26-19(23-25-18-7-3-4-8-20(18)29-23)12-21-22(24(27)28)17(13-30-21)16-10-9-14-5-1-2-6-15(14)11-16/h2-12,14H,13H2,1H3,(H,28,29);2-11,13H,12H2,1H3,(H,28,29);1-12,14H,13H2,(H,27,28);1-11,13H,12H2,(H,27,28). The van der Waals surface area contributed by atoms with Crippen LogP contribution >= 0.6 is 45.3 Å². The van der Waals surface area contributed by atoms with Gasteiger partial charge in [0.05, 0.1) is 35.1 Å². The van der Waals surface area contributed by atoms with Gasteiger partial charge in [-0.25, -0.2) is 29.1 Å². The van der Waals surface area contributed by atoms with Crippen molar-refractivity contribution in [2.45, 2.75) is 39.5 Å². The number of aromatic nitrogens is 2. The molecule has 18 nitrogen and oxygen atoms in total. The second kappa shape index (κ2) is 34.2. The Balaban J connectivity index is 0.000000116. The third-order valence-electron chi connectivity index (χ3n) is 21.1. The molecule has 4 N–H and O–H groups in total. The van der Waals surface area contributed by atoms with Crippen molar-refractivity contribution >= 4 is 180 Å². The molecule has 0 aliphatic heterocycles. The van der Waals surface area contributed by atoms with Crippen LogP contribution in [0.3, 0.4) is 0 Å². The van der Waals surface area contributed by atoms with Gasteiger partial charge in [-0.1, -0.05) is 206 Å². The number of carboxylic acid groups (broad SMARTS) is 4. The summed E-state index contributed by atoms with van der Waals surface area (Å²) in [6.45, 7) is 4.07. The normalized spacial score (nSPS) is 11.2. The van der Waals surface area contributed by atoms with Crippen LogP contribution in [0, 0.1) is 13.8 Å². The Morgan fingerprint density at radius 3 is 0.943 bits per heavy atom. The van der Waals surface area contributed by atoms with Crippen molar-refractivity contribution in [2.75, 3.05) is 0 Å². The molecule has 0 saturated carbocycles. The maximum atomic E-state index is 12.9. The number of aromatic carboxylic acids is 4. The highest BCUT2D eigenvalue weighted by Crippen LogP contribution is 2.42. The number of oxazole rings is 2. The molecule has 8 heterocycles. The number of fused-ring (bicyclic) bond motifs is 8. The first-order chi connectivity index (χ1) is 59.2. The molecule has 8 aromatic heterocycles. The first-order valence-corrected chi connectivity index (χ1v) is 41.9. The lowest BCUT2D eigenvalue weighted by molar-refractivity contribution is 0.0686. The van der Waals surface area contributed by atoms with Crippen LogP contribution in [0.2, 0.25) is 0 Å². The van der Waals surface area contributed by atoms with Crippen LogP contribution in [0.1, 0.15) is 115 Å². The van der Waals surface area contributed by atoms with E-state index < -0.39 is 23.9 Å². The van der Waals surface area contributed by atoms with Crippen LogP contribution in [-0.2, 0) is 25.7 Å². The Morgan fingerprint density at radius 1 is 0.279 bits per heavy atom. The van der Waals surface area contributed by atoms with E-state index in [1.807, 2.05) is 242 Å². The van der Waals surface area contributed by atoms with Gasteiger partial charge in [0.15, 0.2) is 22.7 Å². The second-order valence-electron chi connectivity index (χ2n) is 28.8. The van der Waals surface area contributed by atoms with Crippen LogP contribution in [0.4, 0.5) is 0 Å². The van der Waals surface area contributed by atoms with Gasteiger partial charge in [-0.2, -0.15) is 0 Å². The molecule has 0 unspecified atom stereocenters. The Labute approximate surface area is 709 Å². The van der Waals surface area contributed by atoms with Gasteiger partial charge in [0.25, 0.3) is 11.8 Å². The molecule has 12 aromatic carbocycles. The third kappa shape index (κ3) is 16.2. The van der Waals surface area contributed by atoms with E-state index in [-0.39, 0.29) is 94.4 Å². The van der Waals surface area contributed by atoms with E-state index in [9.17, 15) is 58.8 Å². The number of carbonyl (C=O) groups excluding carboxylic acids is 4. The van der Waals surface area contributed by atoms with Crippen LogP contribution in [-0.4, -0.2) is 77.4 Å². The zero-order chi connectivity index (χ0) is 84.4. The first-order valence-electron chi connectivity index (χ1n) is 38.4. The van der Waals surface area contributed by atoms with Gasteiger partial charge in [-0.3, -0.25) is 19.2 Å². The van der Waals surface area contributed by atoms with Gasteiger partial charge in [-0.15, -0.1) is 45.3 Å². The van der Waals surface area contributed by atoms with Gasteiger partial charge in [0, 0.05) is 65.4 Å². The summed E-state index contributed by atoms with van der Waals surface area (Å²) < 4.78 is 22.4. The third-order valence-corrected chi connectivity index (χ3v) is 25.0. The molecule has 0 fully saturated rings. The van der Waals surface area contributed by atoms with Crippen LogP contribution < -0.4 is 0 Å². The number of carbonyl (C=O) groups is 8. The lowest BCUT2D eigenvalue weighted by Crippen LogP contribution is -2.07. The molecule has 122 heavy (non-hydrogen) atoms. The summed E-state index contributed by atoms with van der Waals surface area (Å²) in [6.07, 6.45) is -0.189. The van der Waals surface area contributed by atoms with Crippen LogP contribution in [0.25, 0.3) is 132 Å². The fraction of sp³-hybridized carbons (Fsp3) is 0.0600. The zero-order valence-electron chi connectivity index (χ0n) is 64.8.